The Balaban J connectivity index is 2.78. The van der Waals surface area contributed by atoms with Crippen LogP contribution in [0.15, 0.2) is 18.2 Å². The van der Waals surface area contributed by atoms with Crippen molar-refractivity contribution in [3.8, 4) is 5.75 Å². The monoisotopic (exact) mass is 294 g/mol. The first-order valence-electron chi connectivity index (χ1n) is 6.89. The molecular formula is C15H22N2O4. The van der Waals surface area contributed by atoms with Gasteiger partial charge < -0.3 is 15.2 Å². The number of carbonyl (C=O) groups excluding carboxylic acids is 2. The predicted molar refractivity (Wildman–Crippen MR) is 79.1 cm³/mol. The van der Waals surface area contributed by atoms with E-state index < -0.39 is 24.1 Å². The first-order chi connectivity index (χ1) is 9.85. The molecule has 3 N–H and O–H groups in total. The minimum absolute atomic E-state index is 0.429. The van der Waals surface area contributed by atoms with Crippen molar-refractivity contribution in [2.75, 3.05) is 6.54 Å². The minimum atomic E-state index is -0.855. The number of aryl methyl sites for hydroxylation is 1. The number of hydrogen-bond donors (Lipinski definition) is 3. The lowest BCUT2D eigenvalue weighted by Crippen LogP contribution is -2.45. The highest BCUT2D eigenvalue weighted by Gasteiger charge is 2.19. The maximum absolute atomic E-state index is 11.8. The molecule has 0 aliphatic carbocycles. The predicted octanol–water partition coefficient (Wildman–Crippen LogP) is 1.66. The van der Waals surface area contributed by atoms with Gasteiger partial charge in [-0.1, -0.05) is 12.1 Å². The Morgan fingerprint density at radius 2 is 2.00 bits per heavy atom. The highest BCUT2D eigenvalue weighted by atomic mass is 16.5. The summed E-state index contributed by atoms with van der Waals surface area (Å²) < 4.78 is 5.58. The third-order valence-corrected chi connectivity index (χ3v) is 2.87. The number of nitrogens with one attached hydrogen (secondary N) is 2. The number of carbonyl (C=O) groups is 2. The van der Waals surface area contributed by atoms with Crippen molar-refractivity contribution in [3.05, 3.63) is 29.3 Å². The third kappa shape index (κ3) is 5.07. The molecule has 0 spiro atoms. The Labute approximate surface area is 124 Å². The van der Waals surface area contributed by atoms with Crippen molar-refractivity contribution in [2.45, 2.75) is 39.9 Å². The normalized spacial score (nSPS) is 13.2. The van der Waals surface area contributed by atoms with E-state index in [4.69, 9.17) is 4.74 Å². The van der Waals surface area contributed by atoms with E-state index in [1.807, 2.05) is 13.0 Å². The molecule has 0 fully saturated rings. The summed E-state index contributed by atoms with van der Waals surface area (Å²) in [4.78, 5) is 23.1. The molecule has 1 rings (SSSR count). The molecule has 3 amide bonds. The lowest BCUT2D eigenvalue weighted by Gasteiger charge is -2.18. The number of benzene rings is 1. The van der Waals surface area contributed by atoms with Gasteiger partial charge in [-0.15, -0.1) is 0 Å². The first kappa shape index (κ1) is 17.0. The van der Waals surface area contributed by atoms with Gasteiger partial charge in [-0.3, -0.25) is 10.1 Å². The van der Waals surface area contributed by atoms with Crippen molar-refractivity contribution >= 4 is 11.9 Å². The summed E-state index contributed by atoms with van der Waals surface area (Å²) in [6.45, 7) is 7.24. The van der Waals surface area contributed by atoms with E-state index in [0.717, 1.165) is 5.56 Å². The number of amides is 3. The number of imide groups is 1. The molecule has 0 radical (unpaired) electrons. The van der Waals surface area contributed by atoms with E-state index in [2.05, 4.69) is 10.6 Å². The fraction of sp³-hybridized carbons (Fsp3) is 0.467. The fourth-order valence-electron chi connectivity index (χ4n) is 1.75. The average Bonchev–Trinajstić information content (AvgIpc) is 2.38. The second-order valence-electron chi connectivity index (χ2n) is 4.83. The lowest BCUT2D eigenvalue weighted by molar-refractivity contribution is -0.126. The number of urea groups is 1. The molecule has 6 heteroatoms. The molecule has 116 valence electrons. The molecular weight excluding hydrogens is 272 g/mol. The van der Waals surface area contributed by atoms with Crippen LogP contribution in [0.3, 0.4) is 0 Å². The lowest BCUT2D eigenvalue weighted by atomic mass is 10.1. The van der Waals surface area contributed by atoms with Gasteiger partial charge in [0.25, 0.3) is 5.91 Å². The molecule has 21 heavy (non-hydrogen) atoms. The standard InChI is InChI=1S/C15H22N2O4/c1-5-16-15(20)17-14(19)11(4)21-13-8-9(2)6-7-12(13)10(3)18/h6-8,10-11,18H,5H2,1-4H3,(H2,16,17,19,20)/t10-,11?/m1/s1. The second-order valence-corrected chi connectivity index (χ2v) is 4.83. The van der Waals surface area contributed by atoms with Crippen LogP contribution >= 0.6 is 0 Å². The molecule has 1 aromatic carbocycles. The van der Waals surface area contributed by atoms with E-state index in [1.165, 1.54) is 0 Å². The maximum atomic E-state index is 11.8. The highest BCUT2D eigenvalue weighted by molar-refractivity contribution is 5.96. The van der Waals surface area contributed by atoms with Crippen molar-refractivity contribution in [1.82, 2.24) is 10.6 Å². The molecule has 2 atom stereocenters. The van der Waals surface area contributed by atoms with Gasteiger partial charge >= 0.3 is 6.03 Å². The fourth-order valence-corrected chi connectivity index (χ4v) is 1.75. The van der Waals surface area contributed by atoms with Gasteiger partial charge in [-0.25, -0.2) is 4.79 Å². The summed E-state index contributed by atoms with van der Waals surface area (Å²) in [6.07, 6.45) is -1.56. The molecule has 0 aliphatic heterocycles. The average molecular weight is 294 g/mol. The van der Waals surface area contributed by atoms with Crippen LogP contribution < -0.4 is 15.4 Å². The van der Waals surface area contributed by atoms with Crippen molar-refractivity contribution < 1.29 is 19.4 Å². The van der Waals surface area contributed by atoms with Crippen molar-refractivity contribution in [1.29, 1.82) is 0 Å². The number of rotatable bonds is 5. The smallest absolute Gasteiger partial charge is 0.321 e. The summed E-state index contributed by atoms with van der Waals surface area (Å²) in [7, 11) is 0. The van der Waals surface area contributed by atoms with Gasteiger partial charge in [0, 0.05) is 12.1 Å². The zero-order chi connectivity index (χ0) is 16.0. The Morgan fingerprint density at radius 1 is 1.33 bits per heavy atom. The molecule has 6 nitrogen and oxygen atoms in total. The Bertz CT molecular complexity index is 514. The van der Waals surface area contributed by atoms with E-state index in [0.29, 0.717) is 17.9 Å². The molecule has 1 aromatic rings. The minimum Gasteiger partial charge on any atom is -0.480 e. The SMILES string of the molecule is CCNC(=O)NC(=O)C(C)Oc1cc(C)ccc1[C@@H](C)O. The Morgan fingerprint density at radius 3 is 2.57 bits per heavy atom. The molecule has 1 unspecified atom stereocenters. The van der Waals surface area contributed by atoms with Crippen LogP contribution in [0.25, 0.3) is 0 Å². The van der Waals surface area contributed by atoms with E-state index in [1.54, 1.807) is 32.9 Å². The summed E-state index contributed by atoms with van der Waals surface area (Å²) in [5.74, 6) is -0.109. The molecule has 0 bridgehead atoms. The maximum Gasteiger partial charge on any atom is 0.321 e. The van der Waals surface area contributed by atoms with Crippen LogP contribution in [0.1, 0.15) is 38.0 Å². The second kappa shape index (κ2) is 7.64. The van der Waals surface area contributed by atoms with Crippen molar-refractivity contribution in [2.24, 2.45) is 0 Å². The van der Waals surface area contributed by atoms with Gasteiger partial charge in [-0.2, -0.15) is 0 Å². The molecule has 0 saturated carbocycles. The highest BCUT2D eigenvalue weighted by Crippen LogP contribution is 2.27. The van der Waals surface area contributed by atoms with Crippen LogP contribution in [-0.2, 0) is 4.79 Å². The molecule has 0 aliphatic rings. The molecule has 0 saturated heterocycles. The van der Waals surface area contributed by atoms with Gasteiger partial charge in [0.1, 0.15) is 5.75 Å². The largest absolute Gasteiger partial charge is 0.480 e. The first-order valence-corrected chi connectivity index (χ1v) is 6.89. The van der Waals surface area contributed by atoms with Crippen LogP contribution in [0.5, 0.6) is 5.75 Å². The van der Waals surface area contributed by atoms with Crippen LogP contribution in [0.2, 0.25) is 0 Å². The van der Waals surface area contributed by atoms with Gasteiger partial charge in [0.15, 0.2) is 6.10 Å². The summed E-state index contributed by atoms with van der Waals surface area (Å²) in [6, 6.07) is 4.80. The third-order valence-electron chi connectivity index (χ3n) is 2.87. The van der Waals surface area contributed by atoms with Crippen LogP contribution in [0.4, 0.5) is 4.79 Å². The van der Waals surface area contributed by atoms with Crippen molar-refractivity contribution in [3.63, 3.8) is 0 Å². The Hall–Kier alpha value is -2.08. The number of aliphatic hydroxyl groups is 1. The van der Waals surface area contributed by atoms with E-state index >= 15 is 0 Å². The van der Waals surface area contributed by atoms with Gasteiger partial charge in [0.05, 0.1) is 6.10 Å². The van der Waals surface area contributed by atoms with Gasteiger partial charge in [-0.05, 0) is 39.3 Å². The zero-order valence-electron chi connectivity index (χ0n) is 12.8. The van der Waals surface area contributed by atoms with Crippen LogP contribution in [0, 0.1) is 6.92 Å². The number of ether oxygens (including phenoxy) is 1. The van der Waals surface area contributed by atoms with E-state index in [9.17, 15) is 14.7 Å². The topological polar surface area (TPSA) is 87.7 Å². The van der Waals surface area contributed by atoms with Gasteiger partial charge in [0.2, 0.25) is 0 Å². The summed E-state index contributed by atoms with van der Waals surface area (Å²) in [5, 5.41) is 14.4. The zero-order valence-corrected chi connectivity index (χ0v) is 12.8. The number of hydrogen-bond acceptors (Lipinski definition) is 4. The molecule has 0 heterocycles. The summed E-state index contributed by atoms with van der Waals surface area (Å²) in [5.41, 5.74) is 1.55. The Kier molecular flexibility index (Phi) is 6.17. The van der Waals surface area contributed by atoms with Crippen LogP contribution in [-0.4, -0.2) is 29.7 Å². The molecule has 0 aromatic heterocycles. The summed E-state index contributed by atoms with van der Waals surface area (Å²) >= 11 is 0. The van der Waals surface area contributed by atoms with E-state index in [-0.39, 0.29) is 0 Å². The quantitative estimate of drug-likeness (QED) is 0.770. The number of aliphatic hydroxyl groups excluding tert-OH is 1.